The first-order chi connectivity index (χ1) is 15.8. The second-order valence-corrected chi connectivity index (χ2v) is 8.15. The Hall–Kier alpha value is -3.04. The largest absolute Gasteiger partial charge is 0.459 e. The number of hydrogen-bond acceptors (Lipinski definition) is 5. The molecule has 0 radical (unpaired) electrons. The molecule has 2 aromatic heterocycles. The van der Waals surface area contributed by atoms with Crippen LogP contribution in [0.4, 0.5) is 19.0 Å². The number of piperazine rings is 1. The molecule has 1 aromatic carbocycles. The summed E-state index contributed by atoms with van der Waals surface area (Å²) in [6.45, 7) is 2.89. The Labute approximate surface area is 194 Å². The molecule has 3 heterocycles. The van der Waals surface area contributed by atoms with Gasteiger partial charge in [0.05, 0.1) is 18.7 Å². The molecule has 0 saturated carbocycles. The molecule has 0 spiro atoms. The molecule has 0 bridgehead atoms. The van der Waals surface area contributed by atoms with E-state index in [-0.39, 0.29) is 19.0 Å². The number of anilines is 1. The second kappa shape index (κ2) is 9.84. The molecule has 0 unspecified atom stereocenters. The van der Waals surface area contributed by atoms with E-state index in [9.17, 15) is 18.0 Å². The number of halogens is 4. The molecular formula is C23H22ClF3N4O2. The number of carbonyl (C=O) groups is 1. The summed E-state index contributed by atoms with van der Waals surface area (Å²) in [4.78, 5) is 20.2. The van der Waals surface area contributed by atoms with E-state index in [4.69, 9.17) is 16.0 Å². The van der Waals surface area contributed by atoms with Crippen LogP contribution in [0.15, 0.2) is 59.1 Å². The molecule has 1 saturated heterocycles. The van der Waals surface area contributed by atoms with Crippen LogP contribution in [0.2, 0.25) is 5.02 Å². The molecule has 1 fully saturated rings. The number of hydrogen-bond donors (Lipinski definition) is 1. The predicted octanol–water partition coefficient (Wildman–Crippen LogP) is 4.45. The fourth-order valence-corrected chi connectivity index (χ4v) is 3.69. The van der Waals surface area contributed by atoms with Crippen LogP contribution in [0.1, 0.15) is 11.3 Å². The molecule has 0 aliphatic carbocycles. The van der Waals surface area contributed by atoms with Gasteiger partial charge in [-0.1, -0.05) is 11.6 Å². The van der Waals surface area contributed by atoms with Crippen molar-refractivity contribution in [3.63, 3.8) is 0 Å². The van der Waals surface area contributed by atoms with Crippen molar-refractivity contribution in [2.75, 3.05) is 37.6 Å². The fourth-order valence-electron chi connectivity index (χ4n) is 3.56. The van der Waals surface area contributed by atoms with Gasteiger partial charge in [-0.2, -0.15) is 13.2 Å². The molecule has 1 N–H and O–H groups in total. The standard InChI is InChI=1S/C23H22ClF3N4O2/c24-18-4-1-16(2-5-18)20-7-6-19(33-20)14-29-22(32)15-30-9-11-31(12-10-30)21-8-3-17(13-28-21)23(25,26)27/h1-8,13H,9-12,14-15H2,(H,29,32). The predicted molar refractivity (Wildman–Crippen MR) is 119 cm³/mol. The number of amides is 1. The lowest BCUT2D eigenvalue weighted by Gasteiger charge is -2.35. The lowest BCUT2D eigenvalue weighted by molar-refractivity contribution is -0.137. The third-order valence-corrected chi connectivity index (χ3v) is 5.64. The quantitative estimate of drug-likeness (QED) is 0.567. The van der Waals surface area contributed by atoms with E-state index in [1.165, 1.54) is 6.07 Å². The monoisotopic (exact) mass is 478 g/mol. The minimum Gasteiger partial charge on any atom is -0.459 e. The number of benzene rings is 1. The first kappa shape index (κ1) is 23.1. The Bertz CT molecular complexity index is 1080. The van der Waals surface area contributed by atoms with Gasteiger partial charge in [0.15, 0.2) is 0 Å². The highest BCUT2D eigenvalue weighted by atomic mass is 35.5. The van der Waals surface area contributed by atoms with E-state index in [0.717, 1.165) is 17.8 Å². The Morgan fingerprint density at radius 1 is 1.03 bits per heavy atom. The highest BCUT2D eigenvalue weighted by Gasteiger charge is 2.31. The first-order valence-corrected chi connectivity index (χ1v) is 10.8. The third-order valence-electron chi connectivity index (χ3n) is 5.39. The maximum Gasteiger partial charge on any atom is 0.417 e. The summed E-state index contributed by atoms with van der Waals surface area (Å²) in [6, 6.07) is 13.4. The van der Waals surface area contributed by atoms with Crippen LogP contribution >= 0.6 is 11.6 Å². The summed E-state index contributed by atoms with van der Waals surface area (Å²) in [7, 11) is 0. The zero-order valence-electron chi connectivity index (χ0n) is 17.6. The van der Waals surface area contributed by atoms with E-state index in [0.29, 0.717) is 48.5 Å². The summed E-state index contributed by atoms with van der Waals surface area (Å²) >= 11 is 5.90. The van der Waals surface area contributed by atoms with Crippen molar-refractivity contribution >= 4 is 23.3 Å². The Balaban J connectivity index is 1.22. The van der Waals surface area contributed by atoms with E-state index in [1.54, 1.807) is 12.1 Å². The highest BCUT2D eigenvalue weighted by molar-refractivity contribution is 6.30. The summed E-state index contributed by atoms with van der Waals surface area (Å²) in [5, 5.41) is 3.50. The normalized spacial score (nSPS) is 15.0. The van der Waals surface area contributed by atoms with Crippen LogP contribution in [0.3, 0.4) is 0 Å². The number of pyridine rings is 1. The van der Waals surface area contributed by atoms with Gasteiger partial charge in [0.25, 0.3) is 0 Å². The summed E-state index contributed by atoms with van der Waals surface area (Å²) < 4.78 is 43.9. The molecule has 4 rings (SSSR count). The van der Waals surface area contributed by atoms with Gasteiger partial charge in [-0.15, -0.1) is 0 Å². The molecule has 1 aliphatic heterocycles. The molecule has 0 atom stereocenters. The third kappa shape index (κ3) is 6.06. The zero-order chi connectivity index (χ0) is 23.4. The second-order valence-electron chi connectivity index (χ2n) is 7.72. The van der Waals surface area contributed by atoms with Crippen molar-refractivity contribution in [1.82, 2.24) is 15.2 Å². The van der Waals surface area contributed by atoms with Gasteiger partial charge in [0.2, 0.25) is 5.91 Å². The van der Waals surface area contributed by atoms with Crippen LogP contribution < -0.4 is 10.2 Å². The SMILES string of the molecule is O=C(CN1CCN(c2ccc(C(F)(F)F)cn2)CC1)NCc1ccc(-c2ccc(Cl)cc2)o1. The van der Waals surface area contributed by atoms with Gasteiger partial charge >= 0.3 is 6.18 Å². The van der Waals surface area contributed by atoms with Crippen LogP contribution in [0.5, 0.6) is 0 Å². The summed E-state index contributed by atoms with van der Waals surface area (Å²) in [5.74, 6) is 1.72. The van der Waals surface area contributed by atoms with Gasteiger partial charge in [0.1, 0.15) is 17.3 Å². The minimum absolute atomic E-state index is 0.124. The number of nitrogens with zero attached hydrogens (tertiary/aromatic N) is 3. The number of furan rings is 1. The van der Waals surface area contributed by atoms with E-state index in [2.05, 4.69) is 10.3 Å². The fraction of sp³-hybridized carbons (Fsp3) is 0.304. The van der Waals surface area contributed by atoms with Crippen molar-refractivity contribution in [3.8, 4) is 11.3 Å². The van der Waals surface area contributed by atoms with Gasteiger partial charge in [0, 0.05) is 43.0 Å². The van der Waals surface area contributed by atoms with Crippen LogP contribution in [0.25, 0.3) is 11.3 Å². The van der Waals surface area contributed by atoms with E-state index in [1.807, 2.05) is 34.1 Å². The van der Waals surface area contributed by atoms with Crippen molar-refractivity contribution < 1.29 is 22.4 Å². The van der Waals surface area contributed by atoms with E-state index < -0.39 is 11.7 Å². The number of alkyl halides is 3. The van der Waals surface area contributed by atoms with Gasteiger partial charge in [-0.3, -0.25) is 9.69 Å². The first-order valence-electron chi connectivity index (χ1n) is 10.4. The summed E-state index contributed by atoms with van der Waals surface area (Å²) in [6.07, 6.45) is -3.55. The van der Waals surface area contributed by atoms with Gasteiger partial charge < -0.3 is 14.6 Å². The molecule has 33 heavy (non-hydrogen) atoms. The maximum absolute atomic E-state index is 12.7. The lowest BCUT2D eigenvalue weighted by atomic mass is 10.2. The molecular weight excluding hydrogens is 457 g/mol. The smallest absolute Gasteiger partial charge is 0.417 e. The Morgan fingerprint density at radius 2 is 1.76 bits per heavy atom. The van der Waals surface area contributed by atoms with Crippen LogP contribution in [0, 0.1) is 0 Å². The van der Waals surface area contributed by atoms with Crippen molar-refractivity contribution in [1.29, 1.82) is 0 Å². The number of rotatable bonds is 6. The summed E-state index contributed by atoms with van der Waals surface area (Å²) in [5.41, 5.74) is 0.135. The van der Waals surface area contributed by atoms with Crippen LogP contribution in [-0.4, -0.2) is 48.5 Å². The molecule has 174 valence electrons. The maximum atomic E-state index is 12.7. The Morgan fingerprint density at radius 3 is 2.39 bits per heavy atom. The highest BCUT2D eigenvalue weighted by Crippen LogP contribution is 2.29. The average Bonchev–Trinajstić information content (AvgIpc) is 3.27. The zero-order valence-corrected chi connectivity index (χ0v) is 18.4. The van der Waals surface area contributed by atoms with Gasteiger partial charge in [-0.25, -0.2) is 4.98 Å². The molecule has 1 amide bonds. The van der Waals surface area contributed by atoms with Crippen molar-refractivity contribution in [3.05, 3.63) is 71.1 Å². The van der Waals surface area contributed by atoms with Crippen LogP contribution in [-0.2, 0) is 17.5 Å². The van der Waals surface area contributed by atoms with Crippen molar-refractivity contribution in [2.24, 2.45) is 0 Å². The number of aromatic nitrogens is 1. The molecule has 1 aliphatic rings. The Kier molecular flexibility index (Phi) is 6.90. The molecule has 10 heteroatoms. The topological polar surface area (TPSA) is 61.6 Å². The minimum atomic E-state index is -4.40. The molecule has 3 aromatic rings. The average molecular weight is 479 g/mol. The van der Waals surface area contributed by atoms with E-state index >= 15 is 0 Å². The van der Waals surface area contributed by atoms with Gasteiger partial charge in [-0.05, 0) is 48.5 Å². The molecule has 6 nitrogen and oxygen atoms in total. The van der Waals surface area contributed by atoms with Crippen molar-refractivity contribution in [2.45, 2.75) is 12.7 Å². The number of carbonyl (C=O) groups excluding carboxylic acids is 1. The lowest BCUT2D eigenvalue weighted by Crippen LogP contribution is -2.49. The number of nitrogens with one attached hydrogen (secondary N) is 1.